The van der Waals surface area contributed by atoms with Gasteiger partial charge in [-0.1, -0.05) is 0 Å². The summed E-state index contributed by atoms with van der Waals surface area (Å²) in [7, 11) is 15.5. The third kappa shape index (κ3) is 8.82. The molecule has 1 N–H and O–H groups in total. The average Bonchev–Trinajstić information content (AvgIpc) is 3.46. The number of hydrogen-bond donors (Lipinski definition) is 1. The second kappa shape index (κ2) is 15.9. The van der Waals surface area contributed by atoms with Crippen molar-refractivity contribution < 1.29 is 34.6 Å². The molecule has 3 aromatic rings. The molecule has 1 aliphatic heterocycles. The Balaban J connectivity index is 2.15. The van der Waals surface area contributed by atoms with Crippen molar-refractivity contribution in [3.63, 3.8) is 0 Å². The molecule has 50 heavy (non-hydrogen) atoms. The minimum absolute atomic E-state index is 0.0391. The molecule has 0 aliphatic carbocycles. The van der Waals surface area contributed by atoms with Crippen LogP contribution in [-0.4, -0.2) is 40.2 Å². The maximum absolute atomic E-state index is 13.2. The number of hydrogen-bond acceptors (Lipinski definition) is 4. The molecular formula is C39H50Cl2F3N3O2Ru. The van der Waals surface area contributed by atoms with E-state index in [4.69, 9.17) is 24.1 Å². The Morgan fingerprint density at radius 3 is 1.54 bits per heavy atom. The van der Waals surface area contributed by atoms with E-state index in [1.165, 1.54) is 34.4 Å². The summed E-state index contributed by atoms with van der Waals surface area (Å²) in [6.07, 6.45) is -5.29. The molecule has 0 atom stereocenters. The summed E-state index contributed by atoms with van der Waals surface area (Å²) < 4.78 is 48.4. The van der Waals surface area contributed by atoms with E-state index in [2.05, 4.69) is 102 Å². The van der Waals surface area contributed by atoms with Crippen molar-refractivity contribution in [2.75, 3.05) is 28.2 Å². The van der Waals surface area contributed by atoms with Gasteiger partial charge in [-0.3, -0.25) is 0 Å². The number of rotatable bonds is 10. The molecule has 0 bridgehead atoms. The predicted octanol–water partition coefficient (Wildman–Crippen LogP) is 11.2. The van der Waals surface area contributed by atoms with Crippen LogP contribution >= 0.6 is 19.4 Å². The van der Waals surface area contributed by atoms with E-state index in [9.17, 15) is 18.0 Å². The Kier molecular flexibility index (Phi) is 12.7. The number of nitrogens with one attached hydrogen (secondary N) is 1. The van der Waals surface area contributed by atoms with Crippen molar-refractivity contribution in [2.24, 2.45) is 0 Å². The SMILES string of the molecule is CC(C)Oc1ccc(NC(=O)C(F)(F)F)cc1[CH]=[Ru]([Cl])([Cl])=[C]1N(c2c(C(C)C)cccc2C(C)C)CCN1c1c(C(C)C)cccc1C(C)C. The monoisotopic (exact) mass is 821 g/mol. The van der Waals surface area contributed by atoms with Gasteiger partial charge in [0.2, 0.25) is 0 Å². The fourth-order valence-electron chi connectivity index (χ4n) is 6.28. The van der Waals surface area contributed by atoms with Gasteiger partial charge in [-0.2, -0.15) is 0 Å². The Hall–Kier alpha value is -2.74. The third-order valence-electron chi connectivity index (χ3n) is 8.54. The van der Waals surface area contributed by atoms with Gasteiger partial charge in [0.05, 0.1) is 0 Å². The van der Waals surface area contributed by atoms with E-state index in [1.807, 2.05) is 19.2 Å². The number of ether oxygens (including phenoxy) is 1. The van der Waals surface area contributed by atoms with Crippen LogP contribution in [0.15, 0.2) is 54.6 Å². The first-order chi connectivity index (χ1) is 23.2. The summed E-state index contributed by atoms with van der Waals surface area (Å²) in [6.45, 7) is 22.4. The van der Waals surface area contributed by atoms with E-state index in [0.29, 0.717) is 24.4 Å². The van der Waals surface area contributed by atoms with Gasteiger partial charge in [0.15, 0.2) is 0 Å². The molecule has 1 amide bonds. The number of nitrogens with zero attached hydrogens (tertiary/aromatic N) is 2. The van der Waals surface area contributed by atoms with Gasteiger partial charge >= 0.3 is 307 Å². The first kappa shape index (κ1) is 40.0. The molecule has 0 unspecified atom stereocenters. The molecule has 1 fully saturated rings. The maximum atomic E-state index is 13.2. The molecule has 0 saturated carbocycles. The first-order valence-electron chi connectivity index (χ1n) is 17.1. The van der Waals surface area contributed by atoms with Crippen molar-refractivity contribution >= 4 is 51.3 Å². The molecule has 0 spiro atoms. The van der Waals surface area contributed by atoms with Crippen molar-refractivity contribution in [3.8, 4) is 5.75 Å². The molecule has 4 rings (SSSR count). The minimum atomic E-state index is -5.05. The third-order valence-corrected chi connectivity index (χ3v) is 14.0. The quantitative estimate of drug-likeness (QED) is 0.207. The zero-order chi connectivity index (χ0) is 37.3. The molecule has 1 saturated heterocycles. The number of alkyl halides is 3. The van der Waals surface area contributed by atoms with Gasteiger partial charge in [-0.15, -0.1) is 0 Å². The number of amides is 1. The average molecular weight is 822 g/mol. The van der Waals surface area contributed by atoms with Gasteiger partial charge in [0.25, 0.3) is 0 Å². The molecule has 276 valence electrons. The van der Waals surface area contributed by atoms with Gasteiger partial charge in [-0.05, 0) is 0 Å². The second-order valence-corrected chi connectivity index (χ2v) is 23.4. The molecule has 0 aromatic heterocycles. The van der Waals surface area contributed by atoms with E-state index in [0.717, 1.165) is 15.7 Å². The summed E-state index contributed by atoms with van der Waals surface area (Å²) >= 11 is -4.19. The van der Waals surface area contributed by atoms with Gasteiger partial charge < -0.3 is 0 Å². The van der Waals surface area contributed by atoms with Crippen LogP contribution < -0.4 is 19.9 Å². The van der Waals surface area contributed by atoms with E-state index in [1.54, 1.807) is 10.7 Å². The van der Waals surface area contributed by atoms with Crippen LogP contribution in [0.3, 0.4) is 0 Å². The zero-order valence-corrected chi connectivity index (χ0v) is 33.8. The van der Waals surface area contributed by atoms with E-state index < -0.39 is 24.0 Å². The summed E-state index contributed by atoms with van der Waals surface area (Å²) in [4.78, 5) is 16.5. The summed E-state index contributed by atoms with van der Waals surface area (Å²) in [6, 6.07) is 17.2. The van der Waals surface area contributed by atoms with Gasteiger partial charge in [-0.25, -0.2) is 0 Å². The fraction of sp³-hybridized carbons (Fsp3) is 0.462. The molecule has 5 nitrogen and oxygen atoms in total. The van der Waals surface area contributed by atoms with Crippen LogP contribution in [0, 0.1) is 0 Å². The van der Waals surface area contributed by atoms with Crippen molar-refractivity contribution in [1.82, 2.24) is 0 Å². The normalized spacial score (nSPS) is 14.5. The Morgan fingerprint density at radius 1 is 0.760 bits per heavy atom. The molecule has 1 aliphatic rings. The van der Waals surface area contributed by atoms with Crippen LogP contribution in [0.5, 0.6) is 5.75 Å². The number of carbonyl (C=O) groups is 1. The number of anilines is 3. The predicted molar refractivity (Wildman–Crippen MR) is 203 cm³/mol. The fourth-order valence-corrected chi connectivity index (χ4v) is 12.3. The first-order valence-corrected chi connectivity index (χ1v) is 23.4. The standard InChI is InChI=1S/C27H38N2.C12H12F3NO2.2ClH.Ru/c1-18(2)22-11-9-12-23(19(3)4)26(22)28-15-16-29(17-28)27-24(20(5)6)13-10-14-25(27)21(7)8;1-7(2)18-10-5-4-9(6-8(10)3)16-11(17)12(13,14)15;;;/h9-14,18-21H,15-16H2,1-8H3;3-7H,1-2H3,(H,16,17);2*1H;/q;;;;+2/p-2. The van der Waals surface area contributed by atoms with Crippen molar-refractivity contribution in [3.05, 3.63) is 82.4 Å². The molecule has 3 aromatic carbocycles. The summed E-state index contributed by atoms with van der Waals surface area (Å²) in [5.41, 5.74) is 7.28. The van der Waals surface area contributed by atoms with E-state index >= 15 is 0 Å². The second-order valence-electron chi connectivity index (χ2n) is 14.2. The van der Waals surface area contributed by atoms with Gasteiger partial charge in [0, 0.05) is 0 Å². The van der Waals surface area contributed by atoms with Crippen LogP contribution in [0.25, 0.3) is 0 Å². The Labute approximate surface area is 306 Å². The topological polar surface area (TPSA) is 44.8 Å². The van der Waals surface area contributed by atoms with Crippen LogP contribution in [0.1, 0.15) is 121 Å². The van der Waals surface area contributed by atoms with Gasteiger partial charge in [0.1, 0.15) is 0 Å². The molecule has 1 heterocycles. The molecule has 0 radical (unpaired) electrons. The van der Waals surface area contributed by atoms with E-state index in [-0.39, 0.29) is 35.5 Å². The number of benzene rings is 3. The Morgan fingerprint density at radius 2 is 1.18 bits per heavy atom. The Bertz CT molecular complexity index is 1710. The molecule has 11 heteroatoms. The van der Waals surface area contributed by atoms with Crippen LogP contribution in [0.4, 0.5) is 30.2 Å². The summed E-state index contributed by atoms with van der Waals surface area (Å²) in [5, 5.41) is 1.97. The van der Waals surface area contributed by atoms with Crippen molar-refractivity contribution in [2.45, 2.75) is 105 Å². The molecular weight excluding hydrogens is 771 g/mol. The van der Waals surface area contributed by atoms with Crippen LogP contribution in [0.2, 0.25) is 0 Å². The number of para-hydroxylation sites is 2. The van der Waals surface area contributed by atoms with Crippen LogP contribution in [-0.2, 0) is 16.7 Å². The summed E-state index contributed by atoms with van der Waals surface area (Å²) in [5.74, 6) is -0.816. The van der Waals surface area contributed by atoms with Crippen molar-refractivity contribution in [1.29, 1.82) is 0 Å². The zero-order valence-electron chi connectivity index (χ0n) is 30.5. The number of halogens is 5. The number of carbonyl (C=O) groups excluding carboxylic acids is 1.